The molecule has 0 radical (unpaired) electrons. The van der Waals surface area contributed by atoms with Gasteiger partial charge in [0.1, 0.15) is 5.75 Å². The molecule has 22 heavy (non-hydrogen) atoms. The van der Waals surface area contributed by atoms with Crippen molar-refractivity contribution in [2.45, 2.75) is 44.1 Å². The Morgan fingerprint density at radius 2 is 1.64 bits per heavy atom. The lowest BCUT2D eigenvalue weighted by Gasteiger charge is -2.31. The van der Waals surface area contributed by atoms with Crippen LogP contribution in [0.1, 0.15) is 26.3 Å². The number of methoxy groups -OCH3 is 1. The fourth-order valence-electron chi connectivity index (χ4n) is 2.89. The quantitative estimate of drug-likeness (QED) is 0.782. The highest BCUT2D eigenvalue weighted by atomic mass is 35.5. The molecule has 1 aliphatic heterocycles. The maximum atomic E-state index is 6.43. The number of alkyl halides is 1. The van der Waals surface area contributed by atoms with Gasteiger partial charge in [-0.3, -0.25) is 0 Å². The fraction of sp³-hybridized carbons (Fsp3) is 0.444. The van der Waals surface area contributed by atoms with Crippen LogP contribution in [0.5, 0.6) is 5.75 Å². The summed E-state index contributed by atoms with van der Waals surface area (Å²) in [6, 6.07) is 12.1. The molecular formula is C18H21ClO3. The summed E-state index contributed by atoms with van der Waals surface area (Å²) >= 11 is 6.43. The zero-order chi connectivity index (χ0) is 15.9. The van der Waals surface area contributed by atoms with Crippen LogP contribution < -0.4 is 4.74 Å². The van der Waals surface area contributed by atoms with Crippen LogP contribution in [0.3, 0.4) is 0 Å². The van der Waals surface area contributed by atoms with Gasteiger partial charge < -0.3 is 14.2 Å². The molecule has 1 heterocycles. The molecule has 2 aromatic carbocycles. The van der Waals surface area contributed by atoms with E-state index in [4.69, 9.17) is 25.8 Å². The van der Waals surface area contributed by atoms with Crippen LogP contribution in [0, 0.1) is 0 Å². The maximum absolute atomic E-state index is 6.43. The molecule has 0 aliphatic carbocycles. The van der Waals surface area contributed by atoms with Gasteiger partial charge in [0.2, 0.25) is 5.79 Å². The highest BCUT2D eigenvalue weighted by Crippen LogP contribution is 2.43. The first kappa shape index (κ1) is 15.6. The van der Waals surface area contributed by atoms with Gasteiger partial charge in [0.15, 0.2) is 0 Å². The van der Waals surface area contributed by atoms with E-state index < -0.39 is 5.79 Å². The van der Waals surface area contributed by atoms with E-state index in [2.05, 4.69) is 12.1 Å². The van der Waals surface area contributed by atoms with Crippen molar-refractivity contribution in [3.05, 3.63) is 42.0 Å². The standard InChI is InChI=1S/C18H21ClO3/c1-11-12(2)22-18(21-11,13(3)19)16-7-5-15-10-17(20-4)8-6-14(15)9-16/h5-13H,1-4H3/t11-,12?,13?,18?/m0/s1. The van der Waals surface area contributed by atoms with Crippen molar-refractivity contribution < 1.29 is 14.2 Å². The predicted octanol–water partition coefficient (Wildman–Crippen LogP) is 4.45. The van der Waals surface area contributed by atoms with Crippen molar-refractivity contribution in [3.8, 4) is 5.75 Å². The van der Waals surface area contributed by atoms with Crippen LogP contribution in [0.15, 0.2) is 36.4 Å². The van der Waals surface area contributed by atoms with Crippen molar-refractivity contribution in [1.82, 2.24) is 0 Å². The van der Waals surface area contributed by atoms with E-state index in [1.54, 1.807) is 7.11 Å². The third-order valence-corrected chi connectivity index (χ3v) is 4.64. The monoisotopic (exact) mass is 320 g/mol. The predicted molar refractivity (Wildman–Crippen MR) is 88.6 cm³/mol. The lowest BCUT2D eigenvalue weighted by atomic mass is 9.98. The molecule has 0 saturated carbocycles. The molecular weight excluding hydrogens is 300 g/mol. The second kappa shape index (κ2) is 5.73. The number of hydrogen-bond acceptors (Lipinski definition) is 3. The molecule has 3 rings (SSSR count). The molecule has 1 saturated heterocycles. The number of benzene rings is 2. The van der Waals surface area contributed by atoms with Crippen LogP contribution in [0.2, 0.25) is 0 Å². The molecule has 4 heteroatoms. The van der Waals surface area contributed by atoms with Crippen LogP contribution in [0.4, 0.5) is 0 Å². The molecule has 3 unspecified atom stereocenters. The maximum Gasteiger partial charge on any atom is 0.212 e. The summed E-state index contributed by atoms with van der Waals surface area (Å²) in [7, 11) is 1.67. The molecule has 3 nitrogen and oxygen atoms in total. The van der Waals surface area contributed by atoms with Crippen molar-refractivity contribution in [1.29, 1.82) is 0 Å². The number of halogens is 1. The SMILES string of the molecule is COc1ccc2cc(C3(C(C)Cl)OC(C)[C@H](C)O3)ccc2c1. The lowest BCUT2D eigenvalue weighted by Crippen LogP contribution is -2.36. The van der Waals surface area contributed by atoms with Crippen molar-refractivity contribution in [2.24, 2.45) is 0 Å². The van der Waals surface area contributed by atoms with Gasteiger partial charge in [-0.05, 0) is 49.7 Å². The third-order valence-electron chi connectivity index (χ3n) is 4.36. The molecule has 4 atom stereocenters. The smallest absolute Gasteiger partial charge is 0.212 e. The molecule has 2 aromatic rings. The van der Waals surface area contributed by atoms with E-state index in [1.807, 2.05) is 45.0 Å². The average Bonchev–Trinajstić information content (AvgIpc) is 2.83. The number of hydrogen-bond donors (Lipinski definition) is 0. The van der Waals surface area contributed by atoms with Crippen LogP contribution >= 0.6 is 11.6 Å². The zero-order valence-corrected chi connectivity index (χ0v) is 14.1. The highest BCUT2D eigenvalue weighted by molar-refractivity contribution is 6.21. The fourth-order valence-corrected chi connectivity index (χ4v) is 3.12. The normalized spacial score (nSPS) is 29.7. The van der Waals surface area contributed by atoms with Gasteiger partial charge in [-0.2, -0.15) is 0 Å². The lowest BCUT2D eigenvalue weighted by molar-refractivity contribution is -0.180. The summed E-state index contributed by atoms with van der Waals surface area (Å²) in [5, 5.41) is 1.92. The van der Waals surface area contributed by atoms with E-state index in [1.165, 1.54) is 0 Å². The first-order valence-electron chi connectivity index (χ1n) is 7.54. The van der Waals surface area contributed by atoms with E-state index in [0.717, 1.165) is 22.1 Å². The van der Waals surface area contributed by atoms with E-state index in [-0.39, 0.29) is 17.6 Å². The molecule has 1 aliphatic rings. The topological polar surface area (TPSA) is 27.7 Å². The van der Waals surface area contributed by atoms with Gasteiger partial charge in [0.05, 0.1) is 24.7 Å². The third kappa shape index (κ3) is 2.47. The summed E-state index contributed by atoms with van der Waals surface area (Å²) in [6.07, 6.45) is 0.0144. The van der Waals surface area contributed by atoms with Crippen molar-refractivity contribution in [3.63, 3.8) is 0 Å². The van der Waals surface area contributed by atoms with E-state index in [9.17, 15) is 0 Å². The van der Waals surface area contributed by atoms with Crippen LogP contribution in [-0.2, 0) is 15.3 Å². The Balaban J connectivity index is 2.08. The largest absolute Gasteiger partial charge is 0.497 e. The van der Waals surface area contributed by atoms with Crippen molar-refractivity contribution in [2.75, 3.05) is 7.11 Å². The summed E-state index contributed by atoms with van der Waals surface area (Å²) < 4.78 is 17.5. The highest BCUT2D eigenvalue weighted by Gasteiger charge is 2.49. The van der Waals surface area contributed by atoms with Gasteiger partial charge >= 0.3 is 0 Å². The molecule has 118 valence electrons. The van der Waals surface area contributed by atoms with E-state index in [0.29, 0.717) is 0 Å². The van der Waals surface area contributed by atoms with Gasteiger partial charge in [-0.15, -0.1) is 11.6 Å². The Kier molecular flexibility index (Phi) is 4.06. The Bertz CT molecular complexity index is 673. The summed E-state index contributed by atoms with van der Waals surface area (Å²) in [5.74, 6) is -0.0506. The molecule has 0 N–H and O–H groups in total. The first-order valence-corrected chi connectivity index (χ1v) is 7.98. The molecule has 0 amide bonds. The molecule has 0 bridgehead atoms. The summed E-state index contributed by atoms with van der Waals surface area (Å²) in [6.45, 7) is 5.93. The minimum atomic E-state index is -0.894. The Hall–Kier alpha value is -1.29. The van der Waals surface area contributed by atoms with Gasteiger partial charge in [0.25, 0.3) is 0 Å². The minimum Gasteiger partial charge on any atom is -0.497 e. The molecule has 0 spiro atoms. The summed E-state index contributed by atoms with van der Waals surface area (Å²) in [5.41, 5.74) is 0.948. The zero-order valence-electron chi connectivity index (χ0n) is 13.3. The first-order chi connectivity index (χ1) is 10.5. The average molecular weight is 321 g/mol. The Morgan fingerprint density at radius 1 is 1.05 bits per heavy atom. The van der Waals surface area contributed by atoms with Crippen molar-refractivity contribution >= 4 is 22.4 Å². The number of fused-ring (bicyclic) bond motifs is 1. The second-order valence-corrected chi connectivity index (χ2v) is 6.51. The van der Waals surface area contributed by atoms with Gasteiger partial charge in [0, 0.05) is 5.56 Å². The van der Waals surface area contributed by atoms with Crippen LogP contribution in [0.25, 0.3) is 10.8 Å². The van der Waals surface area contributed by atoms with E-state index >= 15 is 0 Å². The molecule has 0 aromatic heterocycles. The number of rotatable bonds is 3. The molecule has 1 fully saturated rings. The number of ether oxygens (including phenoxy) is 3. The van der Waals surface area contributed by atoms with Gasteiger partial charge in [-0.25, -0.2) is 0 Å². The Morgan fingerprint density at radius 3 is 2.23 bits per heavy atom. The minimum absolute atomic E-state index is 0.00719. The van der Waals surface area contributed by atoms with Crippen LogP contribution in [-0.4, -0.2) is 24.7 Å². The van der Waals surface area contributed by atoms with Gasteiger partial charge in [-0.1, -0.05) is 18.2 Å². The second-order valence-electron chi connectivity index (χ2n) is 5.86. The Labute approximate surface area is 136 Å². The summed E-state index contributed by atoms with van der Waals surface area (Å²) in [4.78, 5) is 0.